The molecule has 3 nitrogen and oxygen atoms in total. The first-order chi connectivity index (χ1) is 8.82. The van der Waals surface area contributed by atoms with Crippen molar-refractivity contribution in [3.63, 3.8) is 0 Å². The fourth-order valence-electron chi connectivity index (χ4n) is 1.88. The number of hydrogen-bond acceptors (Lipinski definition) is 2. The molecule has 2 atom stereocenters. The van der Waals surface area contributed by atoms with Gasteiger partial charge in [0, 0.05) is 13.5 Å². The third kappa shape index (κ3) is 4.27. The Hall–Kier alpha value is -1.51. The Kier molecular flexibility index (Phi) is 5.40. The van der Waals surface area contributed by atoms with E-state index in [4.69, 9.17) is 0 Å². The summed E-state index contributed by atoms with van der Waals surface area (Å²) in [5.41, 5.74) is 0.952. The van der Waals surface area contributed by atoms with E-state index in [1.807, 2.05) is 20.0 Å². The van der Waals surface area contributed by atoms with Crippen LogP contribution in [0.4, 0.5) is 0 Å². The third-order valence-corrected chi connectivity index (χ3v) is 3.96. The van der Waals surface area contributed by atoms with Gasteiger partial charge >= 0.3 is 0 Å². The lowest BCUT2D eigenvalue weighted by molar-refractivity contribution is -0.133. The number of amides is 1. The van der Waals surface area contributed by atoms with Crippen molar-refractivity contribution in [1.82, 2.24) is 4.90 Å². The van der Waals surface area contributed by atoms with E-state index in [1.165, 1.54) is 0 Å². The summed E-state index contributed by atoms with van der Waals surface area (Å²) in [5.74, 6) is 1.28. The first-order valence-corrected chi connectivity index (χ1v) is 6.87. The van der Waals surface area contributed by atoms with Crippen LogP contribution in [0, 0.1) is 11.8 Å². The highest BCUT2D eigenvalue weighted by Gasteiger charge is 2.20. The molecule has 0 bridgehead atoms. The topological polar surface area (TPSA) is 40.5 Å². The molecule has 19 heavy (non-hydrogen) atoms. The van der Waals surface area contributed by atoms with Crippen LogP contribution < -0.4 is 0 Å². The van der Waals surface area contributed by atoms with Gasteiger partial charge in [-0.05, 0) is 36.5 Å². The Morgan fingerprint density at radius 2 is 1.89 bits per heavy atom. The third-order valence-electron chi connectivity index (χ3n) is 3.96. The molecule has 0 aromatic heterocycles. The van der Waals surface area contributed by atoms with Gasteiger partial charge in [-0.2, -0.15) is 0 Å². The van der Waals surface area contributed by atoms with Gasteiger partial charge in [-0.25, -0.2) is 0 Å². The highest BCUT2D eigenvalue weighted by atomic mass is 16.3. The molecule has 0 heterocycles. The molecule has 106 valence electrons. The molecule has 1 aromatic rings. The molecule has 0 aliphatic heterocycles. The Morgan fingerprint density at radius 1 is 1.26 bits per heavy atom. The zero-order chi connectivity index (χ0) is 14.6. The molecule has 2 unspecified atom stereocenters. The maximum absolute atomic E-state index is 12.2. The first kappa shape index (κ1) is 15.5. The highest BCUT2D eigenvalue weighted by molar-refractivity contribution is 5.76. The molecular weight excluding hydrogens is 238 g/mol. The Labute approximate surface area is 116 Å². The number of phenolic OH excluding ortho intramolecular Hbond substituents is 1. The van der Waals surface area contributed by atoms with Crippen LogP contribution in [0.3, 0.4) is 0 Å². The van der Waals surface area contributed by atoms with Gasteiger partial charge in [-0.3, -0.25) is 4.79 Å². The monoisotopic (exact) mass is 263 g/mol. The summed E-state index contributed by atoms with van der Waals surface area (Å²) in [6.45, 7) is 8.36. The first-order valence-electron chi connectivity index (χ1n) is 6.87. The second-order valence-corrected chi connectivity index (χ2v) is 5.70. The van der Waals surface area contributed by atoms with Gasteiger partial charge in [0.05, 0.1) is 6.04 Å². The number of nitrogens with zero attached hydrogens (tertiary/aromatic N) is 1. The minimum atomic E-state index is -0.0287. The SMILES string of the molecule is CC(C)C(C)CC(=O)N(C)C(C)c1cccc(O)c1. The van der Waals surface area contributed by atoms with Crippen LogP contribution in [0.1, 0.15) is 45.7 Å². The minimum absolute atomic E-state index is 0.0287. The molecule has 0 saturated heterocycles. The zero-order valence-corrected chi connectivity index (χ0v) is 12.6. The van der Waals surface area contributed by atoms with Crippen molar-refractivity contribution in [2.75, 3.05) is 7.05 Å². The molecular formula is C16H25NO2. The number of aromatic hydroxyl groups is 1. The average Bonchev–Trinajstić information content (AvgIpc) is 2.36. The number of phenols is 1. The molecule has 1 amide bonds. The number of benzene rings is 1. The second kappa shape index (κ2) is 6.60. The van der Waals surface area contributed by atoms with E-state index in [0.29, 0.717) is 18.3 Å². The van der Waals surface area contributed by atoms with E-state index in [1.54, 1.807) is 23.1 Å². The number of hydrogen-bond donors (Lipinski definition) is 1. The Morgan fingerprint density at radius 3 is 2.42 bits per heavy atom. The summed E-state index contributed by atoms with van der Waals surface area (Å²) in [6, 6.07) is 7.05. The fraction of sp³-hybridized carbons (Fsp3) is 0.562. The van der Waals surface area contributed by atoms with Crippen LogP contribution in [0.2, 0.25) is 0 Å². The molecule has 0 aliphatic rings. The second-order valence-electron chi connectivity index (χ2n) is 5.70. The summed E-state index contributed by atoms with van der Waals surface area (Å²) >= 11 is 0. The number of carbonyl (C=O) groups is 1. The largest absolute Gasteiger partial charge is 0.508 e. The van der Waals surface area contributed by atoms with Crippen molar-refractivity contribution in [2.24, 2.45) is 11.8 Å². The van der Waals surface area contributed by atoms with Crippen LogP contribution in [-0.4, -0.2) is 23.0 Å². The quantitative estimate of drug-likeness (QED) is 0.882. The van der Waals surface area contributed by atoms with E-state index in [2.05, 4.69) is 20.8 Å². The van der Waals surface area contributed by atoms with E-state index in [9.17, 15) is 9.90 Å². The lowest BCUT2D eigenvalue weighted by atomic mass is 9.94. The number of carbonyl (C=O) groups excluding carboxylic acids is 1. The molecule has 0 aliphatic carbocycles. The van der Waals surface area contributed by atoms with Gasteiger partial charge in [0.25, 0.3) is 0 Å². The molecule has 1 N–H and O–H groups in total. The lowest BCUT2D eigenvalue weighted by Crippen LogP contribution is -2.31. The normalized spacial score (nSPS) is 14.2. The predicted octanol–water partition coefficient (Wildman–Crippen LogP) is 3.59. The van der Waals surface area contributed by atoms with Gasteiger partial charge < -0.3 is 10.0 Å². The van der Waals surface area contributed by atoms with E-state index in [-0.39, 0.29) is 17.7 Å². The molecule has 1 aromatic carbocycles. The van der Waals surface area contributed by atoms with Gasteiger partial charge in [0.1, 0.15) is 5.75 Å². The van der Waals surface area contributed by atoms with E-state index >= 15 is 0 Å². The van der Waals surface area contributed by atoms with Crippen LogP contribution in [0.5, 0.6) is 5.75 Å². The van der Waals surface area contributed by atoms with Gasteiger partial charge in [0.2, 0.25) is 5.91 Å². The smallest absolute Gasteiger partial charge is 0.223 e. The van der Waals surface area contributed by atoms with Gasteiger partial charge in [-0.1, -0.05) is 32.9 Å². The number of rotatable bonds is 5. The van der Waals surface area contributed by atoms with Crippen molar-refractivity contribution in [1.29, 1.82) is 0 Å². The molecule has 0 fully saturated rings. The molecule has 3 heteroatoms. The van der Waals surface area contributed by atoms with E-state index < -0.39 is 0 Å². The average molecular weight is 263 g/mol. The van der Waals surface area contributed by atoms with Crippen molar-refractivity contribution >= 4 is 5.91 Å². The van der Waals surface area contributed by atoms with E-state index in [0.717, 1.165) is 5.56 Å². The van der Waals surface area contributed by atoms with Gasteiger partial charge in [0.15, 0.2) is 0 Å². The highest BCUT2D eigenvalue weighted by Crippen LogP contribution is 2.24. The van der Waals surface area contributed by atoms with Crippen LogP contribution >= 0.6 is 0 Å². The fourth-order valence-corrected chi connectivity index (χ4v) is 1.88. The van der Waals surface area contributed by atoms with Crippen molar-refractivity contribution in [3.05, 3.63) is 29.8 Å². The summed E-state index contributed by atoms with van der Waals surface area (Å²) in [5, 5.41) is 9.50. The summed E-state index contributed by atoms with van der Waals surface area (Å²) < 4.78 is 0. The van der Waals surface area contributed by atoms with Crippen molar-refractivity contribution in [2.45, 2.75) is 40.2 Å². The van der Waals surface area contributed by atoms with Crippen LogP contribution in [0.25, 0.3) is 0 Å². The zero-order valence-electron chi connectivity index (χ0n) is 12.6. The molecule has 1 rings (SSSR count). The van der Waals surface area contributed by atoms with Crippen LogP contribution in [0.15, 0.2) is 24.3 Å². The lowest BCUT2D eigenvalue weighted by Gasteiger charge is -2.27. The van der Waals surface area contributed by atoms with Crippen molar-refractivity contribution < 1.29 is 9.90 Å². The van der Waals surface area contributed by atoms with Crippen LogP contribution in [-0.2, 0) is 4.79 Å². The minimum Gasteiger partial charge on any atom is -0.508 e. The Bertz CT molecular complexity index is 429. The van der Waals surface area contributed by atoms with Crippen molar-refractivity contribution in [3.8, 4) is 5.75 Å². The maximum Gasteiger partial charge on any atom is 0.223 e. The molecule has 0 saturated carbocycles. The summed E-state index contributed by atoms with van der Waals surface area (Å²) in [6.07, 6.45) is 0.567. The Balaban J connectivity index is 2.71. The summed E-state index contributed by atoms with van der Waals surface area (Å²) in [4.78, 5) is 14.0. The van der Waals surface area contributed by atoms with Gasteiger partial charge in [-0.15, -0.1) is 0 Å². The predicted molar refractivity (Wildman–Crippen MR) is 77.9 cm³/mol. The standard InChI is InChI=1S/C16H25NO2/c1-11(2)12(3)9-16(19)17(5)13(4)14-7-6-8-15(18)10-14/h6-8,10-13,18H,9H2,1-5H3. The maximum atomic E-state index is 12.2. The molecule has 0 spiro atoms. The molecule has 0 radical (unpaired) electrons. The summed E-state index contributed by atoms with van der Waals surface area (Å²) in [7, 11) is 1.82.